The summed E-state index contributed by atoms with van der Waals surface area (Å²) in [5.41, 5.74) is 0. The summed E-state index contributed by atoms with van der Waals surface area (Å²) < 4.78 is 6.14. The molecule has 0 saturated carbocycles. The number of halogens is 1. The minimum Gasteiger partial charge on any atom is -0.425 e. The van der Waals surface area contributed by atoms with Crippen LogP contribution in [0.1, 0.15) is 0 Å². The molecule has 1 aromatic heterocycles. The molecule has 0 amide bonds. The molecule has 0 radical (unpaired) electrons. The van der Waals surface area contributed by atoms with Crippen LogP contribution in [-0.2, 0) is 0 Å². The van der Waals surface area contributed by atoms with E-state index in [1.54, 1.807) is 6.20 Å². The first-order chi connectivity index (χ1) is 6.34. The summed E-state index contributed by atoms with van der Waals surface area (Å²) >= 11 is 3.63. The van der Waals surface area contributed by atoms with E-state index in [1.165, 1.54) is 11.8 Å². The van der Waals surface area contributed by atoms with E-state index < -0.39 is 0 Å². The summed E-state index contributed by atoms with van der Waals surface area (Å²) in [5, 5.41) is 0.690. The molecule has 0 bridgehead atoms. The van der Waals surface area contributed by atoms with Crippen LogP contribution in [0.25, 0.3) is 0 Å². The number of hydrogen-bond donors (Lipinski definition) is 0. The molecule has 0 aliphatic carbocycles. The van der Waals surface area contributed by atoms with Crippen LogP contribution >= 0.6 is 34.4 Å². The van der Waals surface area contributed by atoms with E-state index in [4.69, 9.17) is 4.42 Å². The van der Waals surface area contributed by atoms with E-state index in [0.717, 1.165) is 8.66 Å². The summed E-state index contributed by atoms with van der Waals surface area (Å²) in [6.07, 6.45) is 1.71. The first-order valence-electron chi connectivity index (χ1n) is 3.69. The molecular formula is C9H6INOS. The van der Waals surface area contributed by atoms with Gasteiger partial charge in [-0.1, -0.05) is 18.2 Å². The van der Waals surface area contributed by atoms with Crippen LogP contribution in [0.4, 0.5) is 0 Å². The predicted octanol–water partition coefficient (Wildman–Crippen LogP) is 3.43. The molecular weight excluding hydrogens is 297 g/mol. The van der Waals surface area contributed by atoms with E-state index in [1.807, 2.05) is 30.3 Å². The second kappa shape index (κ2) is 4.15. The molecule has 0 unspecified atom stereocenters. The Morgan fingerprint density at radius 3 is 2.62 bits per heavy atom. The van der Waals surface area contributed by atoms with E-state index in [2.05, 4.69) is 27.6 Å². The molecule has 0 N–H and O–H groups in total. The van der Waals surface area contributed by atoms with E-state index in [9.17, 15) is 0 Å². The van der Waals surface area contributed by atoms with Gasteiger partial charge in [0.05, 0.1) is 6.20 Å². The highest BCUT2D eigenvalue weighted by Gasteiger charge is 2.02. The van der Waals surface area contributed by atoms with Gasteiger partial charge in [0.1, 0.15) is 0 Å². The molecule has 0 atom stereocenters. The minimum atomic E-state index is 0.690. The first-order valence-corrected chi connectivity index (χ1v) is 5.58. The number of benzene rings is 1. The Labute approximate surface area is 93.9 Å². The van der Waals surface area contributed by atoms with Crippen LogP contribution in [0.3, 0.4) is 0 Å². The topological polar surface area (TPSA) is 26.0 Å². The average Bonchev–Trinajstić information content (AvgIpc) is 2.53. The normalized spacial score (nSPS) is 10.2. The van der Waals surface area contributed by atoms with Gasteiger partial charge in [-0.2, -0.15) is 0 Å². The number of oxazole rings is 1. The van der Waals surface area contributed by atoms with E-state index >= 15 is 0 Å². The van der Waals surface area contributed by atoms with Crippen molar-refractivity contribution in [1.82, 2.24) is 4.98 Å². The molecule has 0 aliphatic heterocycles. The van der Waals surface area contributed by atoms with Crippen LogP contribution in [0.5, 0.6) is 0 Å². The highest BCUT2D eigenvalue weighted by Crippen LogP contribution is 2.26. The SMILES string of the molecule is Ic1cnc(Sc2ccccc2)o1. The second-order valence-corrected chi connectivity index (χ2v) is 4.43. The Kier molecular flexibility index (Phi) is 2.90. The van der Waals surface area contributed by atoms with Gasteiger partial charge in [-0.05, 0) is 23.9 Å². The zero-order chi connectivity index (χ0) is 9.10. The maximum Gasteiger partial charge on any atom is 0.261 e. The van der Waals surface area contributed by atoms with Gasteiger partial charge in [0.25, 0.3) is 5.22 Å². The average molecular weight is 303 g/mol. The summed E-state index contributed by atoms with van der Waals surface area (Å²) in [6.45, 7) is 0. The molecule has 0 saturated heterocycles. The van der Waals surface area contributed by atoms with Crippen LogP contribution in [0.2, 0.25) is 0 Å². The fourth-order valence-electron chi connectivity index (χ4n) is 0.876. The Hall–Kier alpha value is -0.490. The van der Waals surface area contributed by atoms with Gasteiger partial charge in [0.15, 0.2) is 3.77 Å². The molecule has 2 nitrogen and oxygen atoms in total. The smallest absolute Gasteiger partial charge is 0.261 e. The van der Waals surface area contributed by atoms with Crippen molar-refractivity contribution in [3.8, 4) is 0 Å². The second-order valence-electron chi connectivity index (χ2n) is 2.35. The standard InChI is InChI=1S/C9H6INOS/c10-8-6-11-9(12-8)13-7-4-2-1-3-5-7/h1-6H. The lowest BCUT2D eigenvalue weighted by atomic mass is 10.4. The van der Waals surface area contributed by atoms with Crippen molar-refractivity contribution in [2.75, 3.05) is 0 Å². The molecule has 2 aromatic rings. The Morgan fingerprint density at radius 2 is 2.00 bits per heavy atom. The van der Waals surface area contributed by atoms with Gasteiger partial charge in [0.2, 0.25) is 0 Å². The first kappa shape index (κ1) is 9.08. The van der Waals surface area contributed by atoms with Gasteiger partial charge in [-0.15, -0.1) is 0 Å². The maximum absolute atomic E-state index is 5.33. The molecule has 66 valence electrons. The summed E-state index contributed by atoms with van der Waals surface area (Å²) in [7, 11) is 0. The third-order valence-electron chi connectivity index (χ3n) is 1.40. The highest BCUT2D eigenvalue weighted by molar-refractivity contribution is 14.1. The van der Waals surface area contributed by atoms with Gasteiger partial charge in [0, 0.05) is 27.5 Å². The Morgan fingerprint density at radius 1 is 1.23 bits per heavy atom. The molecule has 2 rings (SSSR count). The number of nitrogens with zero attached hydrogens (tertiary/aromatic N) is 1. The summed E-state index contributed by atoms with van der Waals surface area (Å²) in [4.78, 5) is 5.24. The quantitative estimate of drug-likeness (QED) is 0.795. The minimum absolute atomic E-state index is 0.690. The van der Waals surface area contributed by atoms with Gasteiger partial charge >= 0.3 is 0 Å². The van der Waals surface area contributed by atoms with E-state index in [-0.39, 0.29) is 0 Å². The van der Waals surface area contributed by atoms with E-state index in [0.29, 0.717) is 5.22 Å². The lowest BCUT2D eigenvalue weighted by molar-refractivity contribution is 0.432. The van der Waals surface area contributed by atoms with Crippen LogP contribution in [-0.4, -0.2) is 4.98 Å². The molecule has 1 heterocycles. The zero-order valence-corrected chi connectivity index (χ0v) is 9.58. The molecule has 1 aromatic carbocycles. The highest BCUT2D eigenvalue weighted by atomic mass is 127. The van der Waals surface area contributed by atoms with Gasteiger partial charge in [-0.3, -0.25) is 0 Å². The molecule has 13 heavy (non-hydrogen) atoms. The zero-order valence-electron chi connectivity index (χ0n) is 6.61. The fraction of sp³-hybridized carbons (Fsp3) is 0. The van der Waals surface area contributed by atoms with Crippen LogP contribution in [0, 0.1) is 3.77 Å². The summed E-state index contributed by atoms with van der Waals surface area (Å²) in [6, 6.07) is 10.0. The summed E-state index contributed by atoms with van der Waals surface area (Å²) in [5.74, 6) is 0. The monoisotopic (exact) mass is 303 g/mol. The fourth-order valence-corrected chi connectivity index (χ4v) is 2.11. The van der Waals surface area contributed by atoms with Crippen molar-refractivity contribution in [2.45, 2.75) is 10.1 Å². The third-order valence-corrected chi connectivity index (χ3v) is 2.77. The van der Waals surface area contributed by atoms with Crippen LogP contribution < -0.4 is 0 Å². The molecule has 0 aliphatic rings. The van der Waals surface area contributed by atoms with Gasteiger partial charge < -0.3 is 4.42 Å². The number of rotatable bonds is 2. The lowest BCUT2D eigenvalue weighted by Gasteiger charge is -1.93. The van der Waals surface area contributed by atoms with Crippen molar-refractivity contribution in [3.05, 3.63) is 40.3 Å². The largest absolute Gasteiger partial charge is 0.425 e. The maximum atomic E-state index is 5.33. The van der Waals surface area contributed by atoms with Crippen molar-refractivity contribution < 1.29 is 4.42 Å². The lowest BCUT2D eigenvalue weighted by Crippen LogP contribution is -1.70. The molecule has 4 heteroatoms. The van der Waals surface area contributed by atoms with Gasteiger partial charge in [-0.25, -0.2) is 4.98 Å². The molecule has 0 fully saturated rings. The van der Waals surface area contributed by atoms with Crippen molar-refractivity contribution in [3.63, 3.8) is 0 Å². The number of hydrogen-bond acceptors (Lipinski definition) is 3. The van der Waals surface area contributed by atoms with Crippen molar-refractivity contribution in [1.29, 1.82) is 0 Å². The Bertz CT molecular complexity index is 388. The Balaban J connectivity index is 2.15. The predicted molar refractivity (Wildman–Crippen MR) is 59.8 cm³/mol. The number of aromatic nitrogens is 1. The van der Waals surface area contributed by atoms with Crippen LogP contribution in [0.15, 0.2) is 51.1 Å². The van der Waals surface area contributed by atoms with Crippen molar-refractivity contribution in [2.24, 2.45) is 0 Å². The third kappa shape index (κ3) is 2.47. The molecule has 0 spiro atoms. The van der Waals surface area contributed by atoms with Crippen molar-refractivity contribution >= 4 is 34.4 Å².